The lowest BCUT2D eigenvalue weighted by Crippen LogP contribution is -2.46. The molecule has 28 heavy (non-hydrogen) atoms. The minimum Gasteiger partial charge on any atom is -0.466 e. The van der Waals surface area contributed by atoms with Crippen LogP contribution >= 0.6 is 0 Å². The smallest absolute Gasteiger partial charge is 0.408 e. The van der Waals surface area contributed by atoms with Crippen LogP contribution in [0.3, 0.4) is 0 Å². The summed E-state index contributed by atoms with van der Waals surface area (Å²) in [5.41, 5.74) is -1.46. The first kappa shape index (κ1) is 26.1. The van der Waals surface area contributed by atoms with Crippen molar-refractivity contribution in [2.45, 2.75) is 91.4 Å². The van der Waals surface area contributed by atoms with E-state index in [9.17, 15) is 18.8 Å². The van der Waals surface area contributed by atoms with Crippen LogP contribution in [-0.2, 0) is 23.8 Å². The molecule has 0 aromatic rings. The Kier molecular flexibility index (Phi) is 11.1. The molecule has 2 unspecified atom stereocenters. The van der Waals surface area contributed by atoms with Gasteiger partial charge in [0.1, 0.15) is 17.2 Å². The first-order chi connectivity index (χ1) is 12.8. The number of amides is 1. The fourth-order valence-electron chi connectivity index (χ4n) is 2.40. The van der Waals surface area contributed by atoms with Gasteiger partial charge in [-0.25, -0.2) is 9.59 Å². The number of nitrogens with one attached hydrogen (secondary N) is 1. The third kappa shape index (κ3) is 12.5. The predicted octanol–water partition coefficient (Wildman–Crippen LogP) is 3.93. The van der Waals surface area contributed by atoms with Gasteiger partial charge in [0, 0.05) is 0 Å². The average molecular weight is 406 g/mol. The molecule has 1 N–H and O–H groups in total. The highest BCUT2D eigenvalue weighted by Gasteiger charge is 2.30. The van der Waals surface area contributed by atoms with E-state index < -0.39 is 47.9 Å². The highest BCUT2D eigenvalue weighted by Crippen LogP contribution is 2.19. The van der Waals surface area contributed by atoms with Gasteiger partial charge in [0.15, 0.2) is 0 Å². The number of ether oxygens (including phenoxy) is 3. The molecule has 0 aromatic heterocycles. The fourth-order valence-corrected chi connectivity index (χ4v) is 2.40. The third-order valence-electron chi connectivity index (χ3n) is 3.49. The van der Waals surface area contributed by atoms with Gasteiger partial charge in [-0.1, -0.05) is 0 Å². The quantitative estimate of drug-likeness (QED) is 0.437. The molecule has 0 heterocycles. The summed E-state index contributed by atoms with van der Waals surface area (Å²) in [6.45, 7) is 11.7. The molecule has 0 aliphatic rings. The molecule has 164 valence electrons. The summed E-state index contributed by atoms with van der Waals surface area (Å²) in [5, 5.41) is 2.52. The summed E-state index contributed by atoms with van der Waals surface area (Å²) in [6.07, 6.45) is 0.172. The minimum atomic E-state index is -0.989. The summed E-state index contributed by atoms with van der Waals surface area (Å²) in [5.74, 6) is -1.61. The van der Waals surface area contributed by atoms with E-state index in [1.165, 1.54) is 0 Å². The van der Waals surface area contributed by atoms with E-state index in [1.807, 2.05) is 0 Å². The van der Waals surface area contributed by atoms with Gasteiger partial charge in [0.2, 0.25) is 0 Å². The zero-order valence-corrected chi connectivity index (χ0v) is 18.2. The van der Waals surface area contributed by atoms with Gasteiger partial charge in [-0.2, -0.15) is 0 Å². The maximum atomic E-state index is 12.5. The van der Waals surface area contributed by atoms with Crippen molar-refractivity contribution >= 4 is 18.0 Å². The number of carbonyl (C=O) groups is 3. The van der Waals surface area contributed by atoms with Crippen LogP contribution in [0.5, 0.6) is 0 Å². The Bertz CT molecular complexity index is 510. The van der Waals surface area contributed by atoms with Crippen LogP contribution in [0.25, 0.3) is 0 Å². The van der Waals surface area contributed by atoms with E-state index in [0.29, 0.717) is 6.42 Å². The fraction of sp³-hybridized carbons (Fsp3) is 0.850. The van der Waals surface area contributed by atoms with Crippen molar-refractivity contribution in [1.29, 1.82) is 0 Å². The molecule has 0 bridgehead atoms. The zero-order chi connectivity index (χ0) is 22.0. The van der Waals surface area contributed by atoms with E-state index in [-0.39, 0.29) is 25.9 Å². The van der Waals surface area contributed by atoms with Crippen LogP contribution < -0.4 is 5.32 Å². The van der Waals surface area contributed by atoms with Gasteiger partial charge in [0.25, 0.3) is 0 Å². The number of halogens is 1. The lowest BCUT2D eigenvalue weighted by molar-refractivity contribution is -0.158. The maximum absolute atomic E-state index is 12.5. The first-order valence-corrected chi connectivity index (χ1v) is 9.74. The highest BCUT2D eigenvalue weighted by molar-refractivity contribution is 5.81. The molecule has 2 atom stereocenters. The molecule has 0 aromatic carbocycles. The standard InChI is InChI=1S/C20H36FNO6/c1-8-26-16(23)14(10-9-13-21)11-12-15(17(24)27-19(2,3)4)22-18(25)28-20(5,6)7/h14-15H,8-13H2,1-7H3,(H,22,25). The lowest BCUT2D eigenvalue weighted by Gasteiger charge is -2.27. The van der Waals surface area contributed by atoms with Crippen LogP contribution in [0.15, 0.2) is 0 Å². The summed E-state index contributed by atoms with van der Waals surface area (Å²) < 4.78 is 28.2. The second-order valence-electron chi connectivity index (χ2n) is 8.59. The van der Waals surface area contributed by atoms with Crippen LogP contribution in [-0.4, -0.2) is 48.6 Å². The topological polar surface area (TPSA) is 90.9 Å². The number of hydrogen-bond acceptors (Lipinski definition) is 6. The number of hydrogen-bond donors (Lipinski definition) is 1. The van der Waals surface area contributed by atoms with Crippen molar-refractivity contribution < 1.29 is 33.0 Å². The Labute approximate surface area is 167 Å². The van der Waals surface area contributed by atoms with Gasteiger partial charge in [0.05, 0.1) is 19.2 Å². The Morgan fingerprint density at radius 2 is 1.46 bits per heavy atom. The molecule has 8 heteroatoms. The first-order valence-electron chi connectivity index (χ1n) is 9.74. The van der Waals surface area contributed by atoms with E-state index in [2.05, 4.69) is 5.32 Å². The molecule has 0 spiro atoms. The Balaban J connectivity index is 5.17. The van der Waals surface area contributed by atoms with Crippen LogP contribution in [0.2, 0.25) is 0 Å². The summed E-state index contributed by atoms with van der Waals surface area (Å²) in [6, 6.07) is -0.989. The Morgan fingerprint density at radius 1 is 0.893 bits per heavy atom. The van der Waals surface area contributed by atoms with Gasteiger partial charge in [-0.3, -0.25) is 9.18 Å². The maximum Gasteiger partial charge on any atom is 0.408 e. The largest absolute Gasteiger partial charge is 0.466 e. The van der Waals surface area contributed by atoms with Crippen molar-refractivity contribution in [3.63, 3.8) is 0 Å². The molecule has 7 nitrogen and oxygen atoms in total. The number of carbonyl (C=O) groups excluding carboxylic acids is 3. The molecule has 0 aliphatic carbocycles. The Morgan fingerprint density at radius 3 is 1.93 bits per heavy atom. The van der Waals surface area contributed by atoms with Gasteiger partial charge >= 0.3 is 18.0 Å². The molecule has 0 aliphatic heterocycles. The number of rotatable bonds is 10. The van der Waals surface area contributed by atoms with Crippen LogP contribution in [0.1, 0.15) is 74.1 Å². The van der Waals surface area contributed by atoms with E-state index >= 15 is 0 Å². The highest BCUT2D eigenvalue weighted by atomic mass is 19.1. The zero-order valence-electron chi connectivity index (χ0n) is 18.2. The van der Waals surface area contributed by atoms with E-state index in [1.54, 1.807) is 48.5 Å². The average Bonchev–Trinajstić information content (AvgIpc) is 2.50. The summed E-state index contributed by atoms with van der Waals surface area (Å²) in [4.78, 5) is 36.7. The Hall–Kier alpha value is -1.86. The van der Waals surface area contributed by atoms with Crippen LogP contribution in [0.4, 0.5) is 9.18 Å². The molecule has 0 saturated heterocycles. The number of alkyl halides is 1. The van der Waals surface area contributed by atoms with Crippen molar-refractivity contribution in [3.8, 4) is 0 Å². The molecule has 1 amide bonds. The molecular formula is C20H36FNO6. The second-order valence-corrected chi connectivity index (χ2v) is 8.59. The number of esters is 2. The predicted molar refractivity (Wildman–Crippen MR) is 104 cm³/mol. The molecule has 0 radical (unpaired) electrons. The van der Waals surface area contributed by atoms with Crippen LogP contribution in [0, 0.1) is 5.92 Å². The number of alkyl carbamates (subject to hydrolysis) is 1. The SMILES string of the molecule is CCOC(=O)C(CCCF)CCC(NC(=O)OC(C)(C)C)C(=O)OC(C)(C)C. The van der Waals surface area contributed by atoms with Crippen molar-refractivity contribution in [2.24, 2.45) is 5.92 Å². The monoisotopic (exact) mass is 405 g/mol. The van der Waals surface area contributed by atoms with Crippen molar-refractivity contribution in [3.05, 3.63) is 0 Å². The molecule has 0 fully saturated rings. The van der Waals surface area contributed by atoms with E-state index in [4.69, 9.17) is 14.2 Å². The molecular weight excluding hydrogens is 369 g/mol. The van der Waals surface area contributed by atoms with E-state index in [0.717, 1.165) is 0 Å². The van der Waals surface area contributed by atoms with Crippen molar-refractivity contribution in [2.75, 3.05) is 13.3 Å². The van der Waals surface area contributed by atoms with Gasteiger partial charge < -0.3 is 19.5 Å². The summed E-state index contributed by atoms with van der Waals surface area (Å²) >= 11 is 0. The van der Waals surface area contributed by atoms with Gasteiger partial charge in [-0.05, 0) is 74.1 Å². The molecule has 0 saturated carbocycles. The van der Waals surface area contributed by atoms with Gasteiger partial charge in [-0.15, -0.1) is 0 Å². The lowest BCUT2D eigenvalue weighted by atomic mass is 9.95. The summed E-state index contributed by atoms with van der Waals surface area (Å²) in [7, 11) is 0. The van der Waals surface area contributed by atoms with Crippen molar-refractivity contribution in [1.82, 2.24) is 5.32 Å². The second kappa shape index (κ2) is 11.9. The molecule has 0 rings (SSSR count). The minimum absolute atomic E-state index is 0.143. The third-order valence-corrected chi connectivity index (χ3v) is 3.49. The normalized spacial score (nSPS) is 14.0.